The Labute approximate surface area is 120 Å². The molecule has 0 spiro atoms. The number of nitrogens with one attached hydrogen (secondary N) is 1. The number of thioether (sulfide) groups is 1. The van der Waals surface area contributed by atoms with Crippen LogP contribution in [0.1, 0.15) is 27.2 Å². The zero-order valence-electron chi connectivity index (χ0n) is 12.1. The molecular weight excluding hydrogens is 258 g/mol. The van der Waals surface area contributed by atoms with E-state index >= 15 is 0 Å². The summed E-state index contributed by atoms with van der Waals surface area (Å²) < 4.78 is 5.10. The second kappa shape index (κ2) is 8.10. The number of amides is 1. The molecule has 1 aromatic carbocycles. The van der Waals surface area contributed by atoms with E-state index in [9.17, 15) is 4.79 Å². The van der Waals surface area contributed by atoms with E-state index in [1.54, 1.807) is 18.9 Å². The topological polar surface area (TPSA) is 38.3 Å². The summed E-state index contributed by atoms with van der Waals surface area (Å²) in [5.41, 5.74) is 0. The van der Waals surface area contributed by atoms with Gasteiger partial charge in [-0.2, -0.15) is 0 Å². The third-order valence-electron chi connectivity index (χ3n) is 3.05. The maximum absolute atomic E-state index is 11.7. The van der Waals surface area contributed by atoms with Crippen molar-refractivity contribution in [2.75, 3.05) is 12.9 Å². The zero-order chi connectivity index (χ0) is 14.3. The smallest absolute Gasteiger partial charge is 0.221 e. The van der Waals surface area contributed by atoms with Crippen LogP contribution in [-0.4, -0.2) is 24.8 Å². The molecule has 0 radical (unpaired) electrons. The van der Waals surface area contributed by atoms with E-state index in [2.05, 4.69) is 19.2 Å². The van der Waals surface area contributed by atoms with Crippen molar-refractivity contribution in [1.29, 1.82) is 0 Å². The Morgan fingerprint density at radius 2 is 1.89 bits per heavy atom. The van der Waals surface area contributed by atoms with E-state index < -0.39 is 0 Å². The Morgan fingerprint density at radius 3 is 2.42 bits per heavy atom. The van der Waals surface area contributed by atoms with Crippen LogP contribution in [0.4, 0.5) is 0 Å². The fourth-order valence-electron chi connectivity index (χ4n) is 1.43. The van der Waals surface area contributed by atoms with Gasteiger partial charge in [0.1, 0.15) is 5.75 Å². The highest BCUT2D eigenvalue weighted by Gasteiger charge is 2.10. The van der Waals surface area contributed by atoms with Gasteiger partial charge >= 0.3 is 0 Å². The molecule has 0 aromatic heterocycles. The Balaban J connectivity index is 2.27. The van der Waals surface area contributed by atoms with Gasteiger partial charge in [-0.25, -0.2) is 0 Å². The summed E-state index contributed by atoms with van der Waals surface area (Å²) in [5.74, 6) is 2.25. The van der Waals surface area contributed by atoms with E-state index in [-0.39, 0.29) is 11.9 Å². The molecule has 0 fully saturated rings. The van der Waals surface area contributed by atoms with E-state index in [0.717, 1.165) is 16.4 Å². The minimum absolute atomic E-state index is 0.127. The molecule has 1 N–H and O–H groups in total. The minimum Gasteiger partial charge on any atom is -0.497 e. The van der Waals surface area contributed by atoms with Gasteiger partial charge in [-0.05, 0) is 37.1 Å². The molecule has 0 bridgehead atoms. The number of rotatable bonds is 7. The molecule has 0 aliphatic rings. The maximum Gasteiger partial charge on any atom is 0.221 e. The average Bonchev–Trinajstić information content (AvgIpc) is 2.39. The highest BCUT2D eigenvalue weighted by molar-refractivity contribution is 7.99. The summed E-state index contributed by atoms with van der Waals surface area (Å²) in [5, 5.41) is 3.01. The lowest BCUT2D eigenvalue weighted by molar-refractivity contribution is -0.121. The Hall–Kier alpha value is -1.16. The maximum atomic E-state index is 11.7. The van der Waals surface area contributed by atoms with Gasteiger partial charge in [0.15, 0.2) is 0 Å². The number of ether oxygens (including phenoxy) is 1. The van der Waals surface area contributed by atoms with Crippen molar-refractivity contribution < 1.29 is 9.53 Å². The van der Waals surface area contributed by atoms with Gasteiger partial charge in [-0.1, -0.05) is 13.8 Å². The molecule has 3 nitrogen and oxygen atoms in total. The summed E-state index contributed by atoms with van der Waals surface area (Å²) in [6, 6.07) is 8.13. The number of carbonyl (C=O) groups is 1. The number of hydrogen-bond acceptors (Lipinski definition) is 3. The van der Waals surface area contributed by atoms with Crippen molar-refractivity contribution >= 4 is 17.7 Å². The number of methoxy groups -OCH3 is 1. The molecule has 1 atom stereocenters. The van der Waals surface area contributed by atoms with Crippen molar-refractivity contribution in [1.82, 2.24) is 5.32 Å². The third-order valence-corrected chi connectivity index (χ3v) is 4.06. The molecule has 1 unspecified atom stereocenters. The van der Waals surface area contributed by atoms with Crippen LogP contribution in [0.25, 0.3) is 0 Å². The first-order valence-electron chi connectivity index (χ1n) is 6.59. The average molecular weight is 281 g/mol. The first-order chi connectivity index (χ1) is 9.02. The van der Waals surface area contributed by atoms with Crippen LogP contribution in [0.15, 0.2) is 29.2 Å². The lowest BCUT2D eigenvalue weighted by atomic mass is 10.1. The quantitative estimate of drug-likeness (QED) is 0.779. The second-order valence-corrected chi connectivity index (χ2v) is 6.04. The molecule has 1 amide bonds. The highest BCUT2D eigenvalue weighted by Crippen LogP contribution is 2.21. The van der Waals surface area contributed by atoms with Crippen LogP contribution in [0.3, 0.4) is 0 Å². The van der Waals surface area contributed by atoms with Gasteiger partial charge in [0, 0.05) is 23.1 Å². The number of carbonyl (C=O) groups excluding carboxylic acids is 1. The minimum atomic E-state index is 0.127. The first kappa shape index (κ1) is 15.9. The standard InChI is InChI=1S/C15H23NO2S/c1-11(2)12(3)16-15(17)9-10-19-14-7-5-13(18-4)6-8-14/h5-8,11-12H,9-10H2,1-4H3,(H,16,17). The number of benzene rings is 1. The molecule has 0 aliphatic heterocycles. The SMILES string of the molecule is COc1ccc(SCCC(=O)NC(C)C(C)C)cc1. The zero-order valence-corrected chi connectivity index (χ0v) is 12.9. The molecule has 106 valence electrons. The van der Waals surface area contributed by atoms with Crippen LogP contribution in [0.5, 0.6) is 5.75 Å². The van der Waals surface area contributed by atoms with Gasteiger partial charge < -0.3 is 10.1 Å². The summed E-state index contributed by atoms with van der Waals surface area (Å²) in [4.78, 5) is 12.9. The lowest BCUT2D eigenvalue weighted by Gasteiger charge is -2.17. The molecule has 4 heteroatoms. The van der Waals surface area contributed by atoms with Crippen molar-refractivity contribution in [3.8, 4) is 5.75 Å². The van der Waals surface area contributed by atoms with Gasteiger partial charge in [-0.3, -0.25) is 4.79 Å². The molecular formula is C15H23NO2S. The normalized spacial score (nSPS) is 12.3. The van der Waals surface area contributed by atoms with Crippen LogP contribution in [-0.2, 0) is 4.79 Å². The molecule has 0 aliphatic carbocycles. The van der Waals surface area contributed by atoms with Crippen LogP contribution in [0.2, 0.25) is 0 Å². The molecule has 0 saturated carbocycles. The van der Waals surface area contributed by atoms with E-state index in [1.165, 1.54) is 0 Å². The van der Waals surface area contributed by atoms with Crippen molar-refractivity contribution in [3.05, 3.63) is 24.3 Å². The van der Waals surface area contributed by atoms with Gasteiger partial charge in [0.2, 0.25) is 5.91 Å². The van der Waals surface area contributed by atoms with E-state index in [4.69, 9.17) is 4.74 Å². The molecule has 1 rings (SSSR count). The van der Waals surface area contributed by atoms with Crippen LogP contribution in [0, 0.1) is 5.92 Å². The predicted molar refractivity (Wildman–Crippen MR) is 80.8 cm³/mol. The lowest BCUT2D eigenvalue weighted by Crippen LogP contribution is -2.36. The molecule has 19 heavy (non-hydrogen) atoms. The van der Waals surface area contributed by atoms with Crippen LogP contribution >= 0.6 is 11.8 Å². The predicted octanol–water partition coefficient (Wildman–Crippen LogP) is 3.34. The van der Waals surface area contributed by atoms with Crippen molar-refractivity contribution in [2.24, 2.45) is 5.92 Å². The van der Waals surface area contributed by atoms with Crippen molar-refractivity contribution in [3.63, 3.8) is 0 Å². The van der Waals surface area contributed by atoms with Gasteiger partial charge in [-0.15, -0.1) is 11.8 Å². The number of hydrogen-bond donors (Lipinski definition) is 1. The fourth-order valence-corrected chi connectivity index (χ4v) is 2.28. The van der Waals surface area contributed by atoms with E-state index in [0.29, 0.717) is 12.3 Å². The Bertz CT molecular complexity index is 390. The van der Waals surface area contributed by atoms with Crippen LogP contribution < -0.4 is 10.1 Å². The largest absolute Gasteiger partial charge is 0.497 e. The summed E-state index contributed by atoms with van der Waals surface area (Å²) in [6.45, 7) is 6.26. The van der Waals surface area contributed by atoms with Gasteiger partial charge in [0.25, 0.3) is 0 Å². The van der Waals surface area contributed by atoms with Gasteiger partial charge in [0.05, 0.1) is 7.11 Å². The Morgan fingerprint density at radius 1 is 1.26 bits per heavy atom. The Kier molecular flexibility index (Phi) is 6.78. The third kappa shape index (κ3) is 6.01. The molecule has 0 heterocycles. The fraction of sp³-hybridized carbons (Fsp3) is 0.533. The van der Waals surface area contributed by atoms with Crippen molar-refractivity contribution in [2.45, 2.75) is 38.1 Å². The monoisotopic (exact) mass is 281 g/mol. The molecule has 0 saturated heterocycles. The molecule has 1 aromatic rings. The van der Waals surface area contributed by atoms with E-state index in [1.807, 2.05) is 31.2 Å². The highest BCUT2D eigenvalue weighted by atomic mass is 32.2. The summed E-state index contributed by atoms with van der Waals surface area (Å²) in [7, 11) is 1.66. The summed E-state index contributed by atoms with van der Waals surface area (Å²) >= 11 is 1.69. The first-order valence-corrected chi connectivity index (χ1v) is 7.57. The summed E-state index contributed by atoms with van der Waals surface area (Å²) in [6.07, 6.45) is 0.549. The second-order valence-electron chi connectivity index (χ2n) is 4.87.